The van der Waals surface area contributed by atoms with Gasteiger partial charge in [0.2, 0.25) is 11.7 Å². The highest BCUT2D eigenvalue weighted by molar-refractivity contribution is 6.03. The molecule has 2 aliphatic carbocycles. The number of carbonyl (C=O) groups is 1. The predicted molar refractivity (Wildman–Crippen MR) is 261 cm³/mol. The lowest BCUT2D eigenvalue weighted by Crippen LogP contribution is -2.69. The van der Waals surface area contributed by atoms with E-state index in [1.54, 1.807) is 18.2 Å². The molecule has 0 unspecified atom stereocenters. The van der Waals surface area contributed by atoms with Crippen LogP contribution in [0.15, 0.2) is 90.1 Å². The summed E-state index contributed by atoms with van der Waals surface area (Å²) in [6.07, 6.45) is 19.6. The van der Waals surface area contributed by atoms with Gasteiger partial charge in [0.15, 0.2) is 0 Å². The molecule has 1 fully saturated rings. The Labute approximate surface area is 397 Å². The number of aromatic nitrogens is 1. The average molecular weight is 923 g/mol. The summed E-state index contributed by atoms with van der Waals surface area (Å²) in [5.41, 5.74) is 5.04. The number of unbranched alkanes of at least 4 members (excludes halogenated alkanes) is 10. The molecule has 2 aromatic carbocycles. The van der Waals surface area contributed by atoms with Crippen LogP contribution in [-0.4, -0.2) is 75.3 Å². The SMILES string of the molecule is C=CCO[C@@]12Oc3ccc(OCc4cccc(C)n4)cc3[C@H]3[C@H](CCCCO)[C@@H](CCCCO)C=C(C(=NOCc4ccc([N+](=O)[O-])cc4)C[C@@H]1N(C)C(=O)CCCCCCCCCCC)[C@H]32. The molecule has 67 heavy (non-hydrogen) atoms. The van der Waals surface area contributed by atoms with Crippen molar-refractivity contribution in [2.24, 2.45) is 22.9 Å². The monoisotopic (exact) mass is 923 g/mol. The van der Waals surface area contributed by atoms with E-state index < -0.39 is 22.7 Å². The number of nitrogens with zero attached hydrogens (tertiary/aromatic N) is 4. The molecule has 13 nitrogen and oxygen atoms in total. The quantitative estimate of drug-likeness (QED) is 0.0296. The molecule has 2 heterocycles. The lowest BCUT2D eigenvalue weighted by molar-refractivity contribution is -0.384. The van der Waals surface area contributed by atoms with Crippen molar-refractivity contribution in [3.63, 3.8) is 0 Å². The zero-order chi connectivity index (χ0) is 47.6. The fourth-order valence-electron chi connectivity index (χ4n) is 10.5. The van der Waals surface area contributed by atoms with E-state index in [0.717, 1.165) is 73.0 Å². The van der Waals surface area contributed by atoms with Crippen LogP contribution < -0.4 is 9.47 Å². The number of aryl methyl sites for hydroxylation is 1. The van der Waals surface area contributed by atoms with Gasteiger partial charge in [-0.1, -0.05) is 94.5 Å². The molecule has 1 amide bonds. The molecule has 0 bridgehead atoms. The molecule has 1 saturated carbocycles. The molecule has 0 radical (unpaired) electrons. The average Bonchev–Trinajstić information content (AvgIpc) is 3.33. The van der Waals surface area contributed by atoms with Crippen molar-refractivity contribution < 1.29 is 39.0 Å². The number of aliphatic hydroxyl groups is 2. The number of oxime groups is 1. The number of aliphatic hydroxyl groups excluding tert-OH is 2. The molecule has 2 N–H and O–H groups in total. The summed E-state index contributed by atoms with van der Waals surface area (Å²) in [5.74, 6) is -0.539. The van der Waals surface area contributed by atoms with Gasteiger partial charge in [0.1, 0.15) is 30.8 Å². The summed E-state index contributed by atoms with van der Waals surface area (Å²) in [6, 6.07) is 17.5. The number of pyridine rings is 1. The maximum atomic E-state index is 14.5. The van der Waals surface area contributed by atoms with E-state index in [0.29, 0.717) is 36.5 Å². The van der Waals surface area contributed by atoms with Crippen LogP contribution >= 0.6 is 0 Å². The number of rotatable bonds is 29. The van der Waals surface area contributed by atoms with Crippen molar-refractivity contribution in [1.82, 2.24) is 9.88 Å². The Morgan fingerprint density at radius 2 is 1.67 bits per heavy atom. The Balaban J connectivity index is 1.43. The minimum absolute atomic E-state index is 0.00439. The second kappa shape index (κ2) is 25.9. The molecule has 1 aliphatic heterocycles. The van der Waals surface area contributed by atoms with Crippen molar-refractivity contribution in [2.75, 3.05) is 26.9 Å². The van der Waals surface area contributed by atoms with E-state index in [4.69, 9.17) is 24.2 Å². The van der Waals surface area contributed by atoms with E-state index in [1.807, 2.05) is 49.2 Å². The number of allylic oxidation sites excluding steroid dienone is 1. The highest BCUT2D eigenvalue weighted by Gasteiger charge is 2.65. The highest BCUT2D eigenvalue weighted by Crippen LogP contribution is 2.62. The fourth-order valence-corrected chi connectivity index (χ4v) is 10.5. The number of ether oxygens (including phenoxy) is 3. The summed E-state index contributed by atoms with van der Waals surface area (Å²) in [7, 11) is 1.85. The van der Waals surface area contributed by atoms with Crippen LogP contribution in [0.4, 0.5) is 5.69 Å². The molecule has 364 valence electrons. The van der Waals surface area contributed by atoms with Gasteiger partial charge in [-0.3, -0.25) is 19.9 Å². The Morgan fingerprint density at radius 1 is 0.955 bits per heavy atom. The second-order valence-corrected chi connectivity index (χ2v) is 18.6. The zero-order valence-corrected chi connectivity index (χ0v) is 40.1. The molecule has 13 heteroatoms. The van der Waals surface area contributed by atoms with E-state index >= 15 is 0 Å². The molecule has 1 aromatic heterocycles. The van der Waals surface area contributed by atoms with Crippen molar-refractivity contribution in [3.8, 4) is 11.5 Å². The normalized spacial score (nSPS) is 22.3. The topological polar surface area (TPSA) is 166 Å². The lowest BCUT2D eigenvalue weighted by atomic mass is 9.55. The number of likely N-dealkylation sites (N-methyl/N-ethyl adjacent to an activating group) is 1. The highest BCUT2D eigenvalue weighted by atomic mass is 16.7. The summed E-state index contributed by atoms with van der Waals surface area (Å²) in [4.78, 5) is 38.1. The number of hydrogen-bond acceptors (Lipinski definition) is 11. The molecule has 0 spiro atoms. The Kier molecular flexibility index (Phi) is 19.8. The third-order valence-corrected chi connectivity index (χ3v) is 13.9. The van der Waals surface area contributed by atoms with Crippen LogP contribution in [0.1, 0.15) is 145 Å². The van der Waals surface area contributed by atoms with Gasteiger partial charge in [-0.15, -0.1) is 6.58 Å². The number of hydrogen-bond donors (Lipinski definition) is 2. The van der Waals surface area contributed by atoms with Crippen LogP contribution in [0.2, 0.25) is 0 Å². The number of nitro groups is 1. The number of benzene rings is 2. The number of nitro benzene ring substituents is 1. The molecule has 6 atom stereocenters. The fraction of sp³-hybridized carbons (Fsp3) is 0.574. The third-order valence-electron chi connectivity index (χ3n) is 13.9. The van der Waals surface area contributed by atoms with Crippen molar-refractivity contribution in [1.29, 1.82) is 0 Å². The lowest BCUT2D eigenvalue weighted by Gasteiger charge is -2.59. The molecular weight excluding hydrogens is 849 g/mol. The molecule has 3 aliphatic rings. The Bertz CT molecular complexity index is 2130. The molecule has 0 saturated heterocycles. The summed E-state index contributed by atoms with van der Waals surface area (Å²) in [5, 5.41) is 36.2. The first kappa shape index (κ1) is 51.3. The van der Waals surface area contributed by atoms with Crippen LogP contribution in [0.25, 0.3) is 0 Å². The summed E-state index contributed by atoms with van der Waals surface area (Å²) >= 11 is 0. The first-order chi connectivity index (χ1) is 32.6. The number of fused-ring (bicyclic) bond motifs is 2. The minimum Gasteiger partial charge on any atom is -0.487 e. The number of amides is 1. The Morgan fingerprint density at radius 3 is 2.36 bits per heavy atom. The van der Waals surface area contributed by atoms with Gasteiger partial charge in [-0.05, 0) is 104 Å². The van der Waals surface area contributed by atoms with Crippen LogP contribution in [0.3, 0.4) is 0 Å². The maximum absolute atomic E-state index is 14.5. The summed E-state index contributed by atoms with van der Waals surface area (Å²) < 4.78 is 20.9. The first-order valence-corrected chi connectivity index (χ1v) is 24.9. The molecule has 3 aromatic rings. The van der Waals surface area contributed by atoms with Gasteiger partial charge in [0, 0.05) is 62.4 Å². The first-order valence-electron chi connectivity index (χ1n) is 24.9. The van der Waals surface area contributed by atoms with Gasteiger partial charge in [-0.25, -0.2) is 0 Å². The van der Waals surface area contributed by atoms with Crippen LogP contribution in [0.5, 0.6) is 11.5 Å². The van der Waals surface area contributed by atoms with Gasteiger partial charge in [-0.2, -0.15) is 0 Å². The van der Waals surface area contributed by atoms with E-state index in [-0.39, 0.29) is 68.8 Å². The third kappa shape index (κ3) is 13.3. The van der Waals surface area contributed by atoms with Gasteiger partial charge in [0.25, 0.3) is 5.69 Å². The van der Waals surface area contributed by atoms with Gasteiger partial charge < -0.3 is 34.2 Å². The van der Waals surface area contributed by atoms with Crippen LogP contribution in [0, 0.1) is 34.8 Å². The zero-order valence-electron chi connectivity index (χ0n) is 40.1. The maximum Gasteiger partial charge on any atom is 0.269 e. The molecule has 6 rings (SSSR count). The minimum atomic E-state index is -1.35. The Hall–Kier alpha value is -5.11. The van der Waals surface area contributed by atoms with E-state index in [9.17, 15) is 25.1 Å². The van der Waals surface area contributed by atoms with Gasteiger partial charge in [0.05, 0.1) is 28.9 Å². The smallest absolute Gasteiger partial charge is 0.269 e. The predicted octanol–water partition coefficient (Wildman–Crippen LogP) is 11.1. The largest absolute Gasteiger partial charge is 0.487 e. The van der Waals surface area contributed by atoms with Crippen LogP contribution in [-0.2, 0) is 27.6 Å². The van der Waals surface area contributed by atoms with Gasteiger partial charge >= 0.3 is 0 Å². The van der Waals surface area contributed by atoms with E-state index in [2.05, 4.69) is 30.6 Å². The number of carbonyl (C=O) groups excluding carboxylic acids is 1. The van der Waals surface area contributed by atoms with Crippen molar-refractivity contribution in [2.45, 2.75) is 154 Å². The molecular formula is C54H74N4O9. The second-order valence-electron chi connectivity index (χ2n) is 18.6. The van der Waals surface area contributed by atoms with Crippen molar-refractivity contribution >= 4 is 17.3 Å². The van der Waals surface area contributed by atoms with E-state index in [1.165, 1.54) is 50.7 Å². The summed E-state index contributed by atoms with van der Waals surface area (Å²) in [6.45, 7) is 8.96. The standard InChI is InChI=1S/C54H74N4O9/c1-5-7-8-9-10-11-12-13-14-24-51(61)57(4)50-36-48(56-66-37-40-25-27-43(28-26-40)58(62)63)46-34-41(21-15-17-31-59)45(23-16-18-32-60)52-47-35-44(64-38-42-22-19-20-39(3)55-42)29-30-49(47)67-54(50,53(46)52)65-33-6-2/h6,19-20,22,25-30,34-35,41,45,50,52-53,59-60H,2,5,7-18,21,23-24,31-33,36-38H2,1,3-4H3/t41-,45+,50-,52+,53+,54+/m0/s1. The van der Waals surface area contributed by atoms with Crippen molar-refractivity contribution in [3.05, 3.63) is 118 Å². The number of non-ortho nitro benzene ring substituents is 1.